The van der Waals surface area contributed by atoms with Crippen molar-refractivity contribution in [2.45, 2.75) is 26.3 Å². The molecule has 0 aliphatic heterocycles. The highest BCUT2D eigenvalue weighted by Crippen LogP contribution is 2.08. The monoisotopic (exact) mass is 309 g/mol. The molecule has 0 aromatic carbocycles. The molecule has 2 heterocycles. The van der Waals surface area contributed by atoms with Crippen molar-refractivity contribution in [2.75, 3.05) is 11.9 Å². The minimum atomic E-state index is -0.296. The number of anilines is 1. The fourth-order valence-electron chi connectivity index (χ4n) is 1.53. The number of rotatable bonds is 4. The molecule has 2 rings (SSSR count). The van der Waals surface area contributed by atoms with Gasteiger partial charge in [0.15, 0.2) is 0 Å². The van der Waals surface area contributed by atoms with Gasteiger partial charge in [0.05, 0.1) is 6.54 Å². The van der Waals surface area contributed by atoms with Gasteiger partial charge in [-0.1, -0.05) is 0 Å². The molecule has 0 aliphatic carbocycles. The fourth-order valence-corrected chi connectivity index (χ4v) is 1.69. The van der Waals surface area contributed by atoms with E-state index in [2.05, 4.69) is 30.7 Å². The topological polar surface area (TPSA) is 97.6 Å². The summed E-state index contributed by atoms with van der Waals surface area (Å²) in [5, 5.41) is 9.67. The minimum absolute atomic E-state index is 0.0224. The summed E-state index contributed by atoms with van der Waals surface area (Å²) in [6, 6.07) is 1.74. The first-order valence-electron chi connectivity index (χ1n) is 6.30. The van der Waals surface area contributed by atoms with Crippen LogP contribution in [0, 0.1) is 0 Å². The van der Waals surface area contributed by atoms with Crippen LogP contribution in [-0.2, 0) is 4.79 Å². The number of aromatic nitrogens is 5. The average Bonchev–Trinajstić information content (AvgIpc) is 2.87. The average molecular weight is 310 g/mol. The Morgan fingerprint density at radius 1 is 1.33 bits per heavy atom. The van der Waals surface area contributed by atoms with Gasteiger partial charge in [0.2, 0.25) is 17.1 Å². The molecule has 1 amide bonds. The Morgan fingerprint density at radius 2 is 2.10 bits per heavy atom. The van der Waals surface area contributed by atoms with E-state index < -0.39 is 0 Å². The van der Waals surface area contributed by atoms with Gasteiger partial charge in [-0.05, 0) is 38.4 Å². The lowest BCUT2D eigenvalue weighted by molar-refractivity contribution is -0.120. The van der Waals surface area contributed by atoms with Crippen molar-refractivity contribution in [3.63, 3.8) is 0 Å². The fraction of sp³-hybridized carbons (Fsp3) is 0.417. The number of amides is 1. The number of carbonyl (C=O) groups excluding carboxylic acids is 1. The number of halogens is 1. The lowest BCUT2D eigenvalue weighted by Crippen LogP contribution is -2.43. The zero-order valence-corrected chi connectivity index (χ0v) is 12.7. The third-order valence-corrected chi connectivity index (χ3v) is 2.40. The maximum atomic E-state index is 11.7. The van der Waals surface area contributed by atoms with Crippen LogP contribution in [0.4, 0.5) is 5.95 Å². The van der Waals surface area contributed by atoms with E-state index in [1.165, 1.54) is 4.68 Å². The summed E-state index contributed by atoms with van der Waals surface area (Å²) in [5.74, 6) is 0.322. The van der Waals surface area contributed by atoms with Crippen LogP contribution in [0.25, 0.3) is 5.95 Å². The van der Waals surface area contributed by atoms with Crippen LogP contribution in [0.2, 0.25) is 5.28 Å². The number of hydrogen-bond acceptors (Lipinski definition) is 6. The quantitative estimate of drug-likeness (QED) is 0.875. The van der Waals surface area contributed by atoms with E-state index in [9.17, 15) is 4.79 Å². The van der Waals surface area contributed by atoms with Crippen molar-refractivity contribution in [1.82, 2.24) is 30.0 Å². The number of nitrogens with zero attached hydrogens (tertiary/aromatic N) is 5. The molecule has 2 aromatic heterocycles. The lowest BCUT2D eigenvalue weighted by atomic mass is 10.1. The van der Waals surface area contributed by atoms with Crippen LogP contribution in [0.5, 0.6) is 0 Å². The van der Waals surface area contributed by atoms with E-state index >= 15 is 0 Å². The zero-order chi connectivity index (χ0) is 15.5. The molecule has 0 saturated carbocycles. The smallest absolute Gasteiger partial charge is 0.256 e. The van der Waals surface area contributed by atoms with E-state index in [4.69, 9.17) is 11.6 Å². The third-order valence-electron chi connectivity index (χ3n) is 2.23. The van der Waals surface area contributed by atoms with Crippen LogP contribution in [-0.4, -0.2) is 42.7 Å². The Bertz CT molecular complexity index is 621. The highest BCUT2D eigenvalue weighted by molar-refractivity contribution is 6.28. The standard InChI is InChI=1S/C12H16ClN7O/c1-12(2,3)19-8(21)7-14-10-16-9(13)17-11(18-10)20-6-4-5-15-20/h4-6H,7H2,1-3H3,(H,19,21)(H,14,16,17,18). The van der Waals surface area contributed by atoms with Gasteiger partial charge < -0.3 is 10.6 Å². The van der Waals surface area contributed by atoms with Crippen LogP contribution >= 0.6 is 11.6 Å². The molecular formula is C12H16ClN7O. The van der Waals surface area contributed by atoms with Gasteiger partial charge in [-0.25, -0.2) is 4.68 Å². The van der Waals surface area contributed by atoms with Crippen molar-refractivity contribution >= 4 is 23.5 Å². The number of hydrogen-bond donors (Lipinski definition) is 2. The number of nitrogens with one attached hydrogen (secondary N) is 2. The van der Waals surface area contributed by atoms with Gasteiger partial charge in [0.25, 0.3) is 5.95 Å². The maximum Gasteiger partial charge on any atom is 0.256 e. The molecule has 2 N–H and O–H groups in total. The van der Waals surface area contributed by atoms with E-state index in [0.29, 0.717) is 0 Å². The zero-order valence-electron chi connectivity index (χ0n) is 12.0. The van der Waals surface area contributed by atoms with E-state index in [1.54, 1.807) is 18.5 Å². The molecule has 0 saturated heterocycles. The predicted molar refractivity (Wildman–Crippen MR) is 78.3 cm³/mol. The van der Waals surface area contributed by atoms with Crippen LogP contribution in [0.1, 0.15) is 20.8 Å². The van der Waals surface area contributed by atoms with Crippen molar-refractivity contribution in [3.05, 3.63) is 23.7 Å². The van der Waals surface area contributed by atoms with Crippen LogP contribution in [0.3, 0.4) is 0 Å². The maximum absolute atomic E-state index is 11.7. The normalized spacial score (nSPS) is 11.2. The second kappa shape index (κ2) is 6.04. The van der Waals surface area contributed by atoms with Crippen molar-refractivity contribution in [1.29, 1.82) is 0 Å². The summed E-state index contributed by atoms with van der Waals surface area (Å²) in [4.78, 5) is 23.8. The molecule has 0 bridgehead atoms. The van der Waals surface area contributed by atoms with Crippen LogP contribution in [0.15, 0.2) is 18.5 Å². The molecule has 2 aromatic rings. The van der Waals surface area contributed by atoms with Gasteiger partial charge in [0.1, 0.15) is 0 Å². The van der Waals surface area contributed by atoms with E-state index in [-0.39, 0.29) is 35.2 Å². The minimum Gasteiger partial charge on any atom is -0.350 e. The molecule has 0 spiro atoms. The summed E-state index contributed by atoms with van der Waals surface area (Å²) in [7, 11) is 0. The second-order valence-electron chi connectivity index (χ2n) is 5.33. The molecule has 0 atom stereocenters. The molecular weight excluding hydrogens is 294 g/mol. The molecule has 9 heteroatoms. The Kier molecular flexibility index (Phi) is 4.37. The Balaban J connectivity index is 2.06. The van der Waals surface area contributed by atoms with Gasteiger partial charge in [0, 0.05) is 17.9 Å². The number of carbonyl (C=O) groups is 1. The Morgan fingerprint density at radius 3 is 2.71 bits per heavy atom. The molecule has 0 fully saturated rings. The molecule has 0 aliphatic rings. The van der Waals surface area contributed by atoms with E-state index in [1.807, 2.05) is 20.8 Å². The van der Waals surface area contributed by atoms with Crippen LogP contribution < -0.4 is 10.6 Å². The summed E-state index contributed by atoms with van der Waals surface area (Å²) < 4.78 is 1.45. The van der Waals surface area contributed by atoms with Crippen molar-refractivity contribution < 1.29 is 4.79 Å². The van der Waals surface area contributed by atoms with Gasteiger partial charge in [-0.3, -0.25) is 4.79 Å². The molecule has 0 radical (unpaired) electrons. The molecule has 8 nitrogen and oxygen atoms in total. The molecule has 21 heavy (non-hydrogen) atoms. The Hall–Kier alpha value is -2.22. The first-order valence-corrected chi connectivity index (χ1v) is 6.68. The first-order chi connectivity index (χ1) is 9.83. The SMILES string of the molecule is CC(C)(C)NC(=O)CNc1nc(Cl)nc(-n2cccn2)n1. The highest BCUT2D eigenvalue weighted by atomic mass is 35.5. The molecule has 0 unspecified atom stereocenters. The second-order valence-corrected chi connectivity index (χ2v) is 5.67. The largest absolute Gasteiger partial charge is 0.350 e. The van der Waals surface area contributed by atoms with Gasteiger partial charge in [-0.2, -0.15) is 20.1 Å². The van der Waals surface area contributed by atoms with Crippen molar-refractivity contribution in [2.24, 2.45) is 0 Å². The van der Waals surface area contributed by atoms with E-state index in [0.717, 1.165) is 0 Å². The third kappa shape index (κ3) is 4.67. The lowest BCUT2D eigenvalue weighted by Gasteiger charge is -2.20. The summed E-state index contributed by atoms with van der Waals surface area (Å²) in [5.41, 5.74) is -0.296. The predicted octanol–water partition coefficient (Wildman–Crippen LogP) is 1.04. The van der Waals surface area contributed by atoms with Gasteiger partial charge in [-0.15, -0.1) is 0 Å². The Labute approximate surface area is 127 Å². The summed E-state index contributed by atoms with van der Waals surface area (Å²) >= 11 is 5.84. The highest BCUT2D eigenvalue weighted by Gasteiger charge is 2.14. The summed E-state index contributed by atoms with van der Waals surface area (Å²) in [6.07, 6.45) is 3.28. The molecule has 112 valence electrons. The first kappa shape index (κ1) is 15.2. The summed E-state index contributed by atoms with van der Waals surface area (Å²) in [6.45, 7) is 5.75. The van der Waals surface area contributed by atoms with Gasteiger partial charge >= 0.3 is 0 Å². The van der Waals surface area contributed by atoms with Crippen molar-refractivity contribution in [3.8, 4) is 5.95 Å².